The number of oxime groups is 1. The average molecular weight is 837 g/mol. The molecule has 10 heteroatoms. The number of aliphatic hydroxyl groups excluding tert-OH is 2. The fourth-order valence-electron chi connectivity index (χ4n) is 9.36. The second kappa shape index (κ2) is 21.0. The van der Waals surface area contributed by atoms with Gasteiger partial charge in [-0.05, 0) is 116 Å². The number of benzene rings is 3. The Morgan fingerprint density at radius 2 is 1.69 bits per heavy atom. The third-order valence-corrected chi connectivity index (χ3v) is 12.3. The van der Waals surface area contributed by atoms with Gasteiger partial charge in [-0.25, -0.2) is 4.79 Å². The normalized spacial score (nSPS) is 23.6. The summed E-state index contributed by atoms with van der Waals surface area (Å²) in [4.78, 5) is 22.5. The minimum Gasteiger partial charge on any atom is -0.459 e. The number of amides is 1. The minimum atomic E-state index is -1.37. The van der Waals surface area contributed by atoms with Gasteiger partial charge in [0.25, 0.3) is 0 Å². The SMILES string of the molecule is C=CCOC12Oc3ccc(Oc4ccc(C)c(C)c4)cc3C3C(CCCCO)C(CCCCO)C=C(C(=NOCc4ccccc4)CC1N(CCC)C(=O)OCC(C)(C)C)C32. The first-order valence-electron chi connectivity index (χ1n) is 22.4. The molecule has 0 bridgehead atoms. The summed E-state index contributed by atoms with van der Waals surface area (Å²) in [6.45, 7) is 17.8. The molecule has 1 saturated carbocycles. The standard InChI is InChI=1S/C51H68N2O8/c1-8-25-53(49(56)57-34-50(5,6)7)46-32-44(52-59-33-37-17-11-10-12-18-37)42-30-38(19-13-15-26-54)41(20-14-16-27-55)47-43-31-40(60-39-22-21-35(3)36(4)29-39)23-24-45(43)61-51(46,48(42)47)58-28-9-2/h9-12,17-18,21-24,29-31,38,41,46-48,54-55H,2,8,13-16,19-20,25-28,32-34H2,1,3-7H3. The second-order valence-corrected chi connectivity index (χ2v) is 18.2. The van der Waals surface area contributed by atoms with Crippen LogP contribution in [0.1, 0.15) is 107 Å². The van der Waals surface area contributed by atoms with E-state index in [1.807, 2.05) is 69.3 Å². The Morgan fingerprint density at radius 1 is 0.967 bits per heavy atom. The Kier molecular flexibility index (Phi) is 15.8. The van der Waals surface area contributed by atoms with Gasteiger partial charge in [-0.1, -0.05) is 94.2 Å². The van der Waals surface area contributed by atoms with Crippen molar-refractivity contribution < 1.29 is 38.8 Å². The molecule has 3 aliphatic rings. The van der Waals surface area contributed by atoms with Crippen LogP contribution in [0.5, 0.6) is 17.2 Å². The van der Waals surface area contributed by atoms with Crippen LogP contribution >= 0.6 is 0 Å². The van der Waals surface area contributed by atoms with E-state index in [1.54, 1.807) is 11.0 Å². The van der Waals surface area contributed by atoms with Crippen molar-refractivity contribution >= 4 is 11.8 Å². The van der Waals surface area contributed by atoms with E-state index in [0.29, 0.717) is 43.7 Å². The molecular formula is C51H68N2O8. The predicted molar refractivity (Wildman–Crippen MR) is 240 cm³/mol. The summed E-state index contributed by atoms with van der Waals surface area (Å²) in [7, 11) is 0. The van der Waals surface area contributed by atoms with E-state index in [2.05, 4.69) is 51.6 Å². The van der Waals surface area contributed by atoms with Crippen molar-refractivity contribution in [3.05, 3.63) is 113 Å². The van der Waals surface area contributed by atoms with Gasteiger partial charge < -0.3 is 34.0 Å². The van der Waals surface area contributed by atoms with Gasteiger partial charge in [-0.2, -0.15) is 0 Å². The first-order valence-corrected chi connectivity index (χ1v) is 22.4. The lowest BCUT2D eigenvalue weighted by Gasteiger charge is -2.60. The molecule has 6 unspecified atom stereocenters. The molecule has 3 aromatic rings. The molecule has 330 valence electrons. The Morgan fingerprint density at radius 3 is 2.38 bits per heavy atom. The Balaban J connectivity index is 1.58. The third kappa shape index (κ3) is 10.9. The molecule has 6 rings (SSSR count). The Hall–Kier alpha value is -4.64. The zero-order chi connectivity index (χ0) is 43.6. The van der Waals surface area contributed by atoms with Gasteiger partial charge >= 0.3 is 6.09 Å². The van der Waals surface area contributed by atoms with E-state index >= 15 is 0 Å². The summed E-state index contributed by atoms with van der Waals surface area (Å²) in [5.41, 5.74) is 5.81. The largest absolute Gasteiger partial charge is 0.459 e. The Bertz CT molecular complexity index is 1990. The van der Waals surface area contributed by atoms with Gasteiger partial charge in [-0.3, -0.25) is 4.90 Å². The molecule has 6 atom stereocenters. The molecule has 0 aromatic heterocycles. The summed E-state index contributed by atoms with van der Waals surface area (Å²) in [5.74, 6) is 0.331. The number of aliphatic hydroxyl groups is 2. The average Bonchev–Trinajstić information content (AvgIpc) is 3.24. The van der Waals surface area contributed by atoms with E-state index in [0.717, 1.165) is 59.4 Å². The molecule has 1 amide bonds. The summed E-state index contributed by atoms with van der Waals surface area (Å²) < 4.78 is 27.2. The summed E-state index contributed by atoms with van der Waals surface area (Å²) in [5, 5.41) is 24.9. The van der Waals surface area contributed by atoms with Gasteiger partial charge in [-0.15, -0.1) is 6.58 Å². The maximum absolute atomic E-state index is 14.5. The molecule has 0 radical (unpaired) electrons. The van der Waals surface area contributed by atoms with Crippen LogP contribution in [0.3, 0.4) is 0 Å². The van der Waals surface area contributed by atoms with Crippen LogP contribution in [0, 0.1) is 37.0 Å². The molecule has 0 spiro atoms. The van der Waals surface area contributed by atoms with Gasteiger partial charge in [0.2, 0.25) is 5.79 Å². The number of carbonyl (C=O) groups excluding carboxylic acids is 1. The highest BCUT2D eigenvalue weighted by Crippen LogP contribution is 2.62. The first kappa shape index (κ1) is 45.9. The zero-order valence-electron chi connectivity index (χ0n) is 37.2. The number of nitrogens with zero attached hydrogens (tertiary/aromatic N) is 2. The zero-order valence-corrected chi connectivity index (χ0v) is 37.2. The van der Waals surface area contributed by atoms with Crippen molar-refractivity contribution in [3.63, 3.8) is 0 Å². The number of allylic oxidation sites excluding steroid dienone is 1. The predicted octanol–water partition coefficient (Wildman–Crippen LogP) is 10.8. The number of rotatable bonds is 20. The van der Waals surface area contributed by atoms with E-state index < -0.39 is 23.8 Å². The van der Waals surface area contributed by atoms with Crippen LogP contribution in [0.15, 0.2) is 96.2 Å². The highest BCUT2D eigenvalue weighted by Gasteiger charge is 2.65. The lowest BCUT2D eigenvalue weighted by Crippen LogP contribution is -2.70. The number of ether oxygens (including phenoxy) is 4. The van der Waals surface area contributed by atoms with E-state index in [-0.39, 0.29) is 56.2 Å². The van der Waals surface area contributed by atoms with E-state index in [1.165, 1.54) is 5.56 Å². The highest BCUT2D eigenvalue weighted by atomic mass is 16.7. The Labute approximate surface area is 363 Å². The van der Waals surface area contributed by atoms with Crippen molar-refractivity contribution in [2.45, 2.75) is 117 Å². The van der Waals surface area contributed by atoms with Crippen molar-refractivity contribution in [2.24, 2.45) is 28.3 Å². The van der Waals surface area contributed by atoms with Gasteiger partial charge in [0, 0.05) is 37.7 Å². The molecule has 1 aliphatic heterocycles. The van der Waals surface area contributed by atoms with E-state index in [9.17, 15) is 15.0 Å². The van der Waals surface area contributed by atoms with Crippen LogP contribution in [0.4, 0.5) is 4.79 Å². The molecular weight excluding hydrogens is 769 g/mol. The number of aryl methyl sites for hydroxylation is 2. The van der Waals surface area contributed by atoms with Crippen molar-refractivity contribution in [1.82, 2.24) is 4.90 Å². The molecule has 3 aromatic carbocycles. The first-order chi connectivity index (χ1) is 29.4. The quantitative estimate of drug-likeness (QED) is 0.0656. The molecule has 1 heterocycles. The van der Waals surface area contributed by atoms with Crippen molar-refractivity contribution in [1.29, 1.82) is 0 Å². The number of hydrogen-bond acceptors (Lipinski definition) is 9. The van der Waals surface area contributed by atoms with Gasteiger partial charge in [0.05, 0.1) is 24.8 Å². The highest BCUT2D eigenvalue weighted by molar-refractivity contribution is 6.03. The summed E-state index contributed by atoms with van der Waals surface area (Å²) in [6.07, 6.45) is 9.38. The molecule has 2 aliphatic carbocycles. The minimum absolute atomic E-state index is 0.0860. The number of fused-ring (bicyclic) bond motifs is 2. The lowest BCUT2D eigenvalue weighted by atomic mass is 9.55. The number of carbonyl (C=O) groups is 1. The fourth-order valence-corrected chi connectivity index (χ4v) is 9.36. The van der Waals surface area contributed by atoms with Gasteiger partial charge in [0.1, 0.15) is 29.9 Å². The van der Waals surface area contributed by atoms with Crippen LogP contribution < -0.4 is 9.47 Å². The molecule has 2 N–H and O–H groups in total. The number of hydrogen-bond donors (Lipinski definition) is 2. The van der Waals surface area contributed by atoms with Crippen LogP contribution in [0.2, 0.25) is 0 Å². The third-order valence-electron chi connectivity index (χ3n) is 12.3. The van der Waals surface area contributed by atoms with Crippen molar-refractivity contribution in [3.8, 4) is 17.2 Å². The van der Waals surface area contributed by atoms with Crippen LogP contribution in [0.25, 0.3) is 0 Å². The fraction of sp³-hybridized carbons (Fsp3) is 0.529. The molecule has 1 fully saturated rings. The monoisotopic (exact) mass is 836 g/mol. The topological polar surface area (TPSA) is 119 Å². The molecule has 0 saturated heterocycles. The maximum atomic E-state index is 14.5. The van der Waals surface area contributed by atoms with Crippen LogP contribution in [-0.4, -0.2) is 71.7 Å². The van der Waals surface area contributed by atoms with Crippen LogP contribution in [-0.2, 0) is 20.9 Å². The van der Waals surface area contributed by atoms with Crippen molar-refractivity contribution in [2.75, 3.05) is 33.0 Å². The second-order valence-electron chi connectivity index (χ2n) is 18.2. The lowest BCUT2D eigenvalue weighted by molar-refractivity contribution is -0.255. The summed E-state index contributed by atoms with van der Waals surface area (Å²) in [6, 6.07) is 21.5. The van der Waals surface area contributed by atoms with E-state index in [4.69, 9.17) is 28.9 Å². The molecule has 61 heavy (non-hydrogen) atoms. The maximum Gasteiger partial charge on any atom is 0.410 e. The van der Waals surface area contributed by atoms with Gasteiger partial charge in [0.15, 0.2) is 0 Å². The smallest absolute Gasteiger partial charge is 0.410 e. The number of unbranched alkanes of at least 4 members (excludes halogenated alkanes) is 2. The molecule has 10 nitrogen and oxygen atoms in total. The summed E-state index contributed by atoms with van der Waals surface area (Å²) >= 11 is 0.